The summed E-state index contributed by atoms with van der Waals surface area (Å²) in [5.41, 5.74) is 0.374. The molecule has 10 heteroatoms. The van der Waals surface area contributed by atoms with Crippen LogP contribution in [-0.4, -0.2) is 74.2 Å². The number of ether oxygens (including phenoxy) is 1. The number of aromatic nitrogens is 2. The summed E-state index contributed by atoms with van der Waals surface area (Å²) in [5, 5.41) is 2.65. The number of anilines is 1. The number of benzene rings is 1. The minimum absolute atomic E-state index is 0.0290. The van der Waals surface area contributed by atoms with E-state index in [2.05, 4.69) is 15.3 Å². The monoisotopic (exact) mass is 405 g/mol. The molecule has 1 aliphatic rings. The first-order valence-electron chi connectivity index (χ1n) is 8.92. The lowest BCUT2D eigenvalue weighted by molar-refractivity contribution is 0.0953. The largest absolute Gasteiger partial charge is 0.496 e. The van der Waals surface area contributed by atoms with Crippen LogP contribution >= 0.6 is 0 Å². The van der Waals surface area contributed by atoms with Crippen molar-refractivity contribution >= 4 is 21.9 Å². The molecule has 0 radical (unpaired) electrons. The number of carbonyl (C=O) groups excluding carboxylic acids is 1. The Morgan fingerprint density at radius 3 is 2.46 bits per heavy atom. The Kier molecular flexibility index (Phi) is 6.42. The first-order valence-corrected chi connectivity index (χ1v) is 10.5. The van der Waals surface area contributed by atoms with Crippen molar-refractivity contribution in [3.8, 4) is 5.75 Å². The highest BCUT2D eigenvalue weighted by atomic mass is 32.2. The molecule has 2 heterocycles. The Morgan fingerprint density at radius 2 is 1.79 bits per heavy atom. The Labute approximate surface area is 164 Å². The van der Waals surface area contributed by atoms with Crippen LogP contribution in [0.5, 0.6) is 5.75 Å². The zero-order valence-electron chi connectivity index (χ0n) is 15.6. The van der Waals surface area contributed by atoms with Gasteiger partial charge in [0, 0.05) is 45.1 Å². The van der Waals surface area contributed by atoms with Gasteiger partial charge in [-0.15, -0.1) is 0 Å². The third-order valence-corrected chi connectivity index (χ3v) is 6.34. The number of sulfonamides is 1. The lowest BCUT2D eigenvalue weighted by Gasteiger charge is -2.33. The molecule has 1 aliphatic heterocycles. The average molecular weight is 405 g/mol. The Bertz CT molecular complexity index is 899. The summed E-state index contributed by atoms with van der Waals surface area (Å²) >= 11 is 0. The lowest BCUT2D eigenvalue weighted by Crippen LogP contribution is -2.50. The SMILES string of the molecule is COc1ccccc1C(=O)NCCS(=O)(=O)N1CCN(c2ncccn2)CC1. The van der Waals surface area contributed by atoms with Gasteiger partial charge in [-0.25, -0.2) is 18.4 Å². The maximum absolute atomic E-state index is 12.6. The Morgan fingerprint density at radius 1 is 1.11 bits per heavy atom. The maximum Gasteiger partial charge on any atom is 0.255 e. The van der Waals surface area contributed by atoms with Crippen molar-refractivity contribution in [2.24, 2.45) is 0 Å². The summed E-state index contributed by atoms with van der Waals surface area (Å²) in [6, 6.07) is 8.54. The molecule has 1 N–H and O–H groups in total. The molecule has 0 atom stereocenters. The van der Waals surface area contributed by atoms with Gasteiger partial charge >= 0.3 is 0 Å². The topological polar surface area (TPSA) is 105 Å². The van der Waals surface area contributed by atoms with E-state index >= 15 is 0 Å². The first-order chi connectivity index (χ1) is 13.5. The molecular weight excluding hydrogens is 382 g/mol. The van der Waals surface area contributed by atoms with Gasteiger partial charge in [0.1, 0.15) is 5.75 Å². The molecular formula is C18H23N5O4S. The molecule has 0 saturated carbocycles. The smallest absolute Gasteiger partial charge is 0.255 e. The second-order valence-electron chi connectivity index (χ2n) is 6.21. The van der Waals surface area contributed by atoms with Crippen LogP contribution < -0.4 is 15.0 Å². The molecule has 1 aromatic heterocycles. The Hall–Kier alpha value is -2.72. The van der Waals surface area contributed by atoms with Crippen LogP contribution in [0.4, 0.5) is 5.95 Å². The van der Waals surface area contributed by atoms with Crippen molar-refractivity contribution in [1.82, 2.24) is 19.6 Å². The number of amides is 1. The van der Waals surface area contributed by atoms with Crippen LogP contribution in [0.2, 0.25) is 0 Å². The van der Waals surface area contributed by atoms with Gasteiger partial charge in [-0.3, -0.25) is 4.79 Å². The summed E-state index contributed by atoms with van der Waals surface area (Å²) in [6.45, 7) is 1.80. The molecule has 0 spiro atoms. The van der Waals surface area contributed by atoms with Crippen molar-refractivity contribution in [1.29, 1.82) is 0 Å². The molecule has 1 saturated heterocycles. The predicted molar refractivity (Wildman–Crippen MR) is 105 cm³/mol. The zero-order valence-corrected chi connectivity index (χ0v) is 16.4. The van der Waals surface area contributed by atoms with Crippen molar-refractivity contribution in [2.75, 3.05) is 50.5 Å². The summed E-state index contributed by atoms with van der Waals surface area (Å²) in [4.78, 5) is 22.6. The van der Waals surface area contributed by atoms with Crippen LogP contribution in [0.25, 0.3) is 0 Å². The molecule has 0 unspecified atom stereocenters. The summed E-state index contributed by atoms with van der Waals surface area (Å²) in [7, 11) is -1.98. The molecule has 150 valence electrons. The summed E-state index contributed by atoms with van der Waals surface area (Å²) in [5.74, 6) is 0.528. The van der Waals surface area contributed by atoms with Gasteiger partial charge in [-0.05, 0) is 18.2 Å². The van der Waals surface area contributed by atoms with Gasteiger partial charge in [0.05, 0.1) is 18.4 Å². The predicted octanol–water partition coefficient (Wildman–Crippen LogP) is 0.367. The molecule has 9 nitrogen and oxygen atoms in total. The standard InChI is InChI=1S/C18H23N5O4S/c1-27-16-6-3-2-5-15(16)17(24)19-9-14-28(25,26)23-12-10-22(11-13-23)18-20-7-4-8-21-18/h2-8H,9-14H2,1H3,(H,19,24). The van der Waals surface area contributed by atoms with E-state index in [9.17, 15) is 13.2 Å². The average Bonchev–Trinajstić information content (AvgIpc) is 2.74. The van der Waals surface area contributed by atoms with E-state index in [1.165, 1.54) is 11.4 Å². The molecule has 3 rings (SSSR count). The molecule has 1 fully saturated rings. The number of nitrogens with one attached hydrogen (secondary N) is 1. The molecule has 1 amide bonds. The van der Waals surface area contributed by atoms with Gasteiger partial charge in [0.2, 0.25) is 16.0 Å². The maximum atomic E-state index is 12.6. The normalized spacial score (nSPS) is 15.2. The fourth-order valence-electron chi connectivity index (χ4n) is 2.97. The van der Waals surface area contributed by atoms with E-state index in [1.807, 2.05) is 4.90 Å². The zero-order chi connectivity index (χ0) is 20.0. The number of para-hydroxylation sites is 1. The number of nitrogens with zero attached hydrogens (tertiary/aromatic N) is 4. The van der Waals surface area contributed by atoms with Crippen molar-refractivity contribution < 1.29 is 17.9 Å². The number of piperazine rings is 1. The molecule has 0 bridgehead atoms. The van der Waals surface area contributed by atoms with Gasteiger partial charge in [0.25, 0.3) is 5.91 Å². The van der Waals surface area contributed by atoms with Crippen LogP contribution in [0, 0.1) is 0 Å². The Balaban J connectivity index is 1.50. The van der Waals surface area contributed by atoms with Crippen LogP contribution in [-0.2, 0) is 10.0 Å². The fraction of sp³-hybridized carbons (Fsp3) is 0.389. The van der Waals surface area contributed by atoms with Gasteiger partial charge in [-0.1, -0.05) is 12.1 Å². The lowest BCUT2D eigenvalue weighted by atomic mass is 10.2. The molecule has 28 heavy (non-hydrogen) atoms. The number of hydrogen-bond donors (Lipinski definition) is 1. The summed E-state index contributed by atoms with van der Waals surface area (Å²) < 4.78 is 31.7. The van der Waals surface area contributed by atoms with E-state index in [0.29, 0.717) is 43.4 Å². The highest BCUT2D eigenvalue weighted by molar-refractivity contribution is 7.89. The third-order valence-electron chi connectivity index (χ3n) is 4.46. The van der Waals surface area contributed by atoms with Crippen molar-refractivity contribution in [3.05, 3.63) is 48.3 Å². The highest BCUT2D eigenvalue weighted by Crippen LogP contribution is 2.17. The van der Waals surface area contributed by atoms with E-state index < -0.39 is 10.0 Å². The second kappa shape index (κ2) is 8.98. The quantitative estimate of drug-likeness (QED) is 0.709. The third kappa shape index (κ3) is 4.76. The minimum atomic E-state index is -3.46. The van der Waals surface area contributed by atoms with Crippen molar-refractivity contribution in [3.63, 3.8) is 0 Å². The van der Waals surface area contributed by atoms with E-state index in [4.69, 9.17) is 4.74 Å². The summed E-state index contributed by atoms with van der Waals surface area (Å²) in [6.07, 6.45) is 3.33. The minimum Gasteiger partial charge on any atom is -0.496 e. The van der Waals surface area contributed by atoms with Crippen LogP contribution in [0.1, 0.15) is 10.4 Å². The van der Waals surface area contributed by atoms with Gasteiger partial charge in [0.15, 0.2) is 0 Å². The van der Waals surface area contributed by atoms with Gasteiger partial charge in [-0.2, -0.15) is 4.31 Å². The molecule has 1 aromatic carbocycles. The molecule has 0 aliphatic carbocycles. The number of hydrogen-bond acceptors (Lipinski definition) is 7. The fourth-order valence-corrected chi connectivity index (χ4v) is 4.31. The number of methoxy groups -OCH3 is 1. The van der Waals surface area contributed by atoms with E-state index in [1.54, 1.807) is 42.7 Å². The molecule has 2 aromatic rings. The number of carbonyl (C=O) groups is 1. The van der Waals surface area contributed by atoms with Crippen LogP contribution in [0.15, 0.2) is 42.7 Å². The highest BCUT2D eigenvalue weighted by Gasteiger charge is 2.27. The second-order valence-corrected chi connectivity index (χ2v) is 8.30. The first kappa shape index (κ1) is 20.0. The van der Waals surface area contributed by atoms with Crippen molar-refractivity contribution in [2.45, 2.75) is 0 Å². The van der Waals surface area contributed by atoms with E-state index in [0.717, 1.165) is 0 Å². The number of rotatable bonds is 7. The van der Waals surface area contributed by atoms with E-state index in [-0.39, 0.29) is 18.2 Å². The van der Waals surface area contributed by atoms with Crippen LogP contribution in [0.3, 0.4) is 0 Å². The van der Waals surface area contributed by atoms with Gasteiger partial charge < -0.3 is 15.0 Å².